The predicted molar refractivity (Wildman–Crippen MR) is 116 cm³/mol. The van der Waals surface area contributed by atoms with Gasteiger partial charge in [0, 0.05) is 24.7 Å². The maximum atomic E-state index is 12.5. The molecule has 0 radical (unpaired) electrons. The van der Waals surface area contributed by atoms with Crippen LogP contribution in [0.25, 0.3) is 0 Å². The molecule has 3 aliphatic heterocycles. The standard InChI is InChI=1S/C22H33NO7S/c1-13-3-6-15-10-16(11-22(28,30-15)19-12-31-21(27)23-19)29-20(26)9-14(2)5-8-18(25)17(24)7-4-13/h4,7,9,13,15-19,24-25,28H,3,5-6,8,10-12H2,1-2H3,(H,23,27)/b7-4-,14-9-/t13-,15+,16+,17-,18-,19+,22+/m0/s1. The van der Waals surface area contributed by atoms with Crippen LogP contribution in [0.5, 0.6) is 0 Å². The molecule has 0 spiro atoms. The number of rotatable bonds is 1. The second-order valence-electron chi connectivity index (χ2n) is 8.91. The molecule has 3 heterocycles. The Morgan fingerprint density at radius 3 is 2.65 bits per heavy atom. The van der Waals surface area contributed by atoms with Crippen molar-refractivity contribution in [3.8, 4) is 0 Å². The van der Waals surface area contributed by atoms with Crippen LogP contribution >= 0.6 is 11.8 Å². The van der Waals surface area contributed by atoms with Crippen LogP contribution in [0.2, 0.25) is 0 Å². The molecule has 7 atom stereocenters. The summed E-state index contributed by atoms with van der Waals surface area (Å²) in [4.78, 5) is 24.1. The predicted octanol–water partition coefficient (Wildman–Crippen LogP) is 2.03. The second-order valence-corrected chi connectivity index (χ2v) is 9.90. The van der Waals surface area contributed by atoms with E-state index in [1.54, 1.807) is 13.0 Å². The first-order valence-corrected chi connectivity index (χ1v) is 11.9. The fourth-order valence-electron chi connectivity index (χ4n) is 4.20. The van der Waals surface area contributed by atoms with Gasteiger partial charge in [-0.3, -0.25) is 4.79 Å². The van der Waals surface area contributed by atoms with Crippen LogP contribution in [0.4, 0.5) is 4.79 Å². The average molecular weight is 456 g/mol. The van der Waals surface area contributed by atoms with Crippen molar-refractivity contribution in [1.29, 1.82) is 0 Å². The summed E-state index contributed by atoms with van der Waals surface area (Å²) in [5.41, 5.74) is 0.735. The van der Waals surface area contributed by atoms with E-state index >= 15 is 0 Å². The number of carbonyl (C=O) groups excluding carboxylic acids is 2. The highest BCUT2D eigenvalue weighted by atomic mass is 32.2. The van der Waals surface area contributed by atoms with E-state index in [9.17, 15) is 24.9 Å². The van der Waals surface area contributed by atoms with Crippen LogP contribution in [-0.2, 0) is 14.3 Å². The molecular formula is C22H33NO7S. The quantitative estimate of drug-likeness (QED) is 0.350. The van der Waals surface area contributed by atoms with Gasteiger partial charge in [-0.15, -0.1) is 0 Å². The van der Waals surface area contributed by atoms with Crippen molar-refractivity contribution in [2.45, 2.75) is 88.6 Å². The van der Waals surface area contributed by atoms with Gasteiger partial charge in [-0.05, 0) is 38.5 Å². The summed E-state index contributed by atoms with van der Waals surface area (Å²) in [5, 5.41) is 34.1. The van der Waals surface area contributed by atoms with Crippen molar-refractivity contribution in [3.63, 3.8) is 0 Å². The third kappa shape index (κ3) is 6.79. The molecule has 8 nitrogen and oxygen atoms in total. The van der Waals surface area contributed by atoms with Crippen molar-refractivity contribution in [2.24, 2.45) is 5.92 Å². The lowest BCUT2D eigenvalue weighted by atomic mass is 9.90. The summed E-state index contributed by atoms with van der Waals surface area (Å²) in [6, 6.07) is -0.564. The molecular weight excluding hydrogens is 422 g/mol. The topological polar surface area (TPSA) is 125 Å². The minimum atomic E-state index is -1.60. The molecule has 0 aliphatic carbocycles. The zero-order chi connectivity index (χ0) is 22.6. The summed E-state index contributed by atoms with van der Waals surface area (Å²) in [7, 11) is 0. The fourth-order valence-corrected chi connectivity index (χ4v) is 5.09. The smallest absolute Gasteiger partial charge is 0.330 e. The van der Waals surface area contributed by atoms with E-state index in [4.69, 9.17) is 9.47 Å². The van der Waals surface area contributed by atoms with Crippen LogP contribution in [0.1, 0.15) is 52.4 Å². The number of amides is 1. The molecule has 2 saturated heterocycles. The number of aliphatic hydroxyl groups excluding tert-OH is 2. The minimum Gasteiger partial charge on any atom is -0.459 e. The number of fused-ring (bicyclic) bond motifs is 2. The summed E-state index contributed by atoms with van der Waals surface area (Å²) in [6.45, 7) is 3.78. The van der Waals surface area contributed by atoms with E-state index in [0.717, 1.165) is 23.8 Å². The van der Waals surface area contributed by atoms with Crippen LogP contribution in [0.3, 0.4) is 0 Å². The summed E-state index contributed by atoms with van der Waals surface area (Å²) < 4.78 is 11.7. The van der Waals surface area contributed by atoms with E-state index in [2.05, 4.69) is 5.32 Å². The monoisotopic (exact) mass is 455 g/mol. The molecule has 0 saturated carbocycles. The summed E-state index contributed by atoms with van der Waals surface area (Å²) in [5.74, 6) is -1.60. The van der Waals surface area contributed by atoms with E-state index < -0.39 is 36.1 Å². The molecule has 4 N–H and O–H groups in total. The molecule has 3 aliphatic rings. The molecule has 0 aromatic carbocycles. The number of carbonyl (C=O) groups is 2. The molecule has 0 aromatic heterocycles. The van der Waals surface area contributed by atoms with Gasteiger partial charge < -0.3 is 30.1 Å². The molecule has 1 amide bonds. The van der Waals surface area contributed by atoms with Crippen LogP contribution in [0.15, 0.2) is 23.8 Å². The minimum absolute atomic E-state index is 0.0913. The SMILES string of the molecule is C/C1=C/C(=O)O[C@@H]2C[C@@H](CC[C@H](C)/C=C\[C@H](O)[C@@H](O)CC1)O[C@@](O)([C@H]1CSC(=O)N1)C2. The average Bonchev–Trinajstić information content (AvgIpc) is 3.14. The summed E-state index contributed by atoms with van der Waals surface area (Å²) in [6.07, 6.45) is 4.79. The maximum absolute atomic E-state index is 12.5. The molecule has 3 rings (SSSR count). The summed E-state index contributed by atoms with van der Waals surface area (Å²) >= 11 is 1.10. The Morgan fingerprint density at radius 2 is 1.94 bits per heavy atom. The molecule has 2 bridgehead atoms. The van der Waals surface area contributed by atoms with E-state index in [1.165, 1.54) is 6.08 Å². The Morgan fingerprint density at radius 1 is 1.16 bits per heavy atom. The van der Waals surface area contributed by atoms with Crippen molar-refractivity contribution < 1.29 is 34.4 Å². The van der Waals surface area contributed by atoms with Crippen molar-refractivity contribution in [3.05, 3.63) is 23.8 Å². The van der Waals surface area contributed by atoms with Gasteiger partial charge in [-0.25, -0.2) is 4.79 Å². The van der Waals surface area contributed by atoms with Gasteiger partial charge in [0.05, 0.1) is 24.4 Å². The second kappa shape index (κ2) is 10.5. The van der Waals surface area contributed by atoms with Gasteiger partial charge in [-0.1, -0.05) is 36.4 Å². The number of aliphatic hydroxyl groups is 3. The first kappa shape index (κ1) is 24.3. The first-order chi connectivity index (χ1) is 14.6. The maximum Gasteiger partial charge on any atom is 0.330 e. The van der Waals surface area contributed by atoms with Crippen LogP contribution in [0, 0.1) is 5.92 Å². The number of allylic oxidation sites excluding steroid dienone is 2. The van der Waals surface area contributed by atoms with Gasteiger partial charge in [-0.2, -0.15) is 0 Å². The number of ether oxygens (including phenoxy) is 2. The Labute approximate surface area is 187 Å². The zero-order valence-electron chi connectivity index (χ0n) is 18.0. The largest absolute Gasteiger partial charge is 0.459 e. The normalized spacial score (nSPS) is 43.5. The van der Waals surface area contributed by atoms with E-state index in [-0.39, 0.29) is 23.7 Å². The van der Waals surface area contributed by atoms with Crippen molar-refractivity contribution >= 4 is 23.0 Å². The Bertz CT molecular complexity index is 727. The first-order valence-electron chi connectivity index (χ1n) is 10.9. The third-order valence-corrected chi connectivity index (χ3v) is 6.97. The lowest BCUT2D eigenvalue weighted by Gasteiger charge is -2.43. The fraction of sp³-hybridized carbons (Fsp3) is 0.727. The number of hydrogen-bond acceptors (Lipinski definition) is 8. The van der Waals surface area contributed by atoms with Crippen molar-refractivity contribution in [2.75, 3.05) is 5.75 Å². The highest BCUT2D eigenvalue weighted by Gasteiger charge is 2.49. The molecule has 174 valence electrons. The Balaban J connectivity index is 1.79. The van der Waals surface area contributed by atoms with Crippen LogP contribution in [-0.4, -0.2) is 68.5 Å². The lowest BCUT2D eigenvalue weighted by Crippen LogP contribution is -2.58. The molecule has 0 unspecified atom stereocenters. The highest BCUT2D eigenvalue weighted by molar-refractivity contribution is 8.14. The molecule has 9 heteroatoms. The molecule has 0 aromatic rings. The lowest BCUT2D eigenvalue weighted by molar-refractivity contribution is -0.283. The molecule has 31 heavy (non-hydrogen) atoms. The van der Waals surface area contributed by atoms with Crippen LogP contribution < -0.4 is 5.32 Å². The van der Waals surface area contributed by atoms with Gasteiger partial charge in [0.25, 0.3) is 5.24 Å². The zero-order valence-corrected chi connectivity index (χ0v) is 18.8. The van der Waals surface area contributed by atoms with Gasteiger partial charge in [0.1, 0.15) is 6.10 Å². The van der Waals surface area contributed by atoms with Gasteiger partial charge in [0.2, 0.25) is 0 Å². The number of nitrogens with one attached hydrogen (secondary N) is 1. The third-order valence-electron chi connectivity index (χ3n) is 6.09. The van der Waals surface area contributed by atoms with Crippen molar-refractivity contribution in [1.82, 2.24) is 5.32 Å². The van der Waals surface area contributed by atoms with Gasteiger partial charge in [0.15, 0.2) is 5.79 Å². The molecule has 2 fully saturated rings. The van der Waals surface area contributed by atoms with Gasteiger partial charge >= 0.3 is 5.97 Å². The number of hydrogen-bond donors (Lipinski definition) is 4. The number of thioether (sulfide) groups is 1. The highest BCUT2D eigenvalue weighted by Crippen LogP contribution is 2.37. The Hall–Kier alpha value is -1.39. The van der Waals surface area contributed by atoms with E-state index in [1.807, 2.05) is 13.0 Å². The number of esters is 1. The van der Waals surface area contributed by atoms with E-state index in [0.29, 0.717) is 31.4 Å². The Kier molecular flexibility index (Phi) is 8.20.